The van der Waals surface area contributed by atoms with E-state index in [1.165, 1.54) is 0 Å². The Labute approximate surface area is 163 Å². The Morgan fingerprint density at radius 1 is 0.682 bits per heavy atom. The fourth-order valence-electron chi connectivity index (χ4n) is 0. The van der Waals surface area contributed by atoms with Crippen LogP contribution in [0.25, 0.3) is 0 Å². The molecule has 0 aliphatic heterocycles. The van der Waals surface area contributed by atoms with E-state index in [0.717, 1.165) is 27.7 Å². The zero-order valence-electron chi connectivity index (χ0n) is 14.3. The number of rotatable bonds is 1. The number of carbonyl (C=O) groups is 4. The van der Waals surface area contributed by atoms with Gasteiger partial charge in [-0.05, 0) is 0 Å². The Bertz CT molecular complexity index is 207. The van der Waals surface area contributed by atoms with Crippen LogP contribution in [0.3, 0.4) is 0 Å². The van der Waals surface area contributed by atoms with Gasteiger partial charge < -0.3 is 33.3 Å². The Kier molecular flexibility index (Phi) is 83.4. The summed E-state index contributed by atoms with van der Waals surface area (Å²) in [5.41, 5.74) is 9.81. The summed E-state index contributed by atoms with van der Waals surface area (Å²) in [4.78, 5) is 36.0. The van der Waals surface area contributed by atoms with Crippen LogP contribution in [-0.4, -0.2) is 57.4 Å². The van der Waals surface area contributed by atoms with Crippen molar-refractivity contribution < 1.29 is 87.7 Å². The molecule has 22 heavy (non-hydrogen) atoms. The third kappa shape index (κ3) is 63500. The molecular formula is C10H25CuN2NaO8. The fourth-order valence-corrected chi connectivity index (χ4v) is 0. The molecule has 0 amide bonds. The predicted molar refractivity (Wildman–Crippen MR) is 72.5 cm³/mol. The van der Waals surface area contributed by atoms with Crippen molar-refractivity contribution in [1.82, 2.24) is 0 Å². The molecule has 0 atom stereocenters. The van der Waals surface area contributed by atoms with Crippen molar-refractivity contribution in [2.24, 2.45) is 11.5 Å². The molecule has 0 bridgehead atoms. The van der Waals surface area contributed by atoms with Crippen LogP contribution in [0.4, 0.5) is 0 Å². The summed E-state index contributed by atoms with van der Waals surface area (Å²) in [6.07, 6.45) is 0. The molecule has 10 nitrogen and oxygen atoms in total. The fraction of sp³-hybridized carbons (Fsp3) is 0.600. The molecule has 0 aliphatic carbocycles. The average Bonchev–Trinajstić information content (AvgIpc) is 2.13. The first kappa shape index (κ1) is 42.9. The SMILES string of the molecule is CC(=O)O.CC(=O)O.CC(=O)O.CC(=O)O.NCCN.[Cu].[H-].[Na+]. The smallest absolute Gasteiger partial charge is 1.00 e. The molecule has 0 saturated carbocycles. The van der Waals surface area contributed by atoms with Crippen LogP contribution < -0.4 is 41.0 Å². The number of nitrogens with two attached hydrogens (primary N) is 2. The van der Waals surface area contributed by atoms with Gasteiger partial charge >= 0.3 is 29.6 Å². The van der Waals surface area contributed by atoms with E-state index in [9.17, 15) is 0 Å². The number of hydrogen-bond acceptors (Lipinski definition) is 6. The van der Waals surface area contributed by atoms with E-state index in [0.29, 0.717) is 13.1 Å². The Hall–Kier alpha value is -0.681. The molecule has 12 heteroatoms. The van der Waals surface area contributed by atoms with Gasteiger partial charge in [0.15, 0.2) is 0 Å². The molecule has 0 aromatic carbocycles. The van der Waals surface area contributed by atoms with Crippen molar-refractivity contribution in [2.75, 3.05) is 13.1 Å². The molecule has 0 aromatic rings. The van der Waals surface area contributed by atoms with E-state index in [1.54, 1.807) is 0 Å². The zero-order chi connectivity index (χ0) is 17.7. The third-order valence-electron chi connectivity index (χ3n) is 0.167. The van der Waals surface area contributed by atoms with Crippen LogP contribution in [0.15, 0.2) is 0 Å². The summed E-state index contributed by atoms with van der Waals surface area (Å²) in [5.74, 6) is -3.33. The predicted octanol–water partition coefficient (Wildman–Crippen LogP) is -3.62. The van der Waals surface area contributed by atoms with Crippen molar-refractivity contribution in [1.29, 1.82) is 0 Å². The van der Waals surface area contributed by atoms with Gasteiger partial charge in [-0.15, -0.1) is 0 Å². The van der Waals surface area contributed by atoms with Gasteiger partial charge in [0.25, 0.3) is 23.9 Å². The van der Waals surface area contributed by atoms with Crippen LogP contribution in [0.2, 0.25) is 0 Å². The van der Waals surface area contributed by atoms with Crippen molar-refractivity contribution in [3.63, 3.8) is 0 Å². The van der Waals surface area contributed by atoms with Gasteiger partial charge in [-0.25, -0.2) is 0 Å². The van der Waals surface area contributed by atoms with Crippen LogP contribution in [0.5, 0.6) is 0 Å². The molecule has 0 rings (SSSR count). The quantitative estimate of drug-likeness (QED) is 0.244. The van der Waals surface area contributed by atoms with Gasteiger partial charge in [-0.1, -0.05) is 0 Å². The molecule has 0 unspecified atom stereocenters. The minimum atomic E-state index is -0.833. The van der Waals surface area contributed by atoms with Crippen LogP contribution in [0, 0.1) is 0 Å². The summed E-state index contributed by atoms with van der Waals surface area (Å²) in [6, 6.07) is 0. The molecule has 1 radical (unpaired) electrons. The topological polar surface area (TPSA) is 201 Å². The normalized spacial score (nSPS) is 5.91. The van der Waals surface area contributed by atoms with E-state index in [2.05, 4.69) is 0 Å². The second kappa shape index (κ2) is 42.7. The van der Waals surface area contributed by atoms with Gasteiger partial charge in [0.05, 0.1) is 0 Å². The molecule has 0 spiro atoms. The maximum atomic E-state index is 9.00. The third-order valence-corrected chi connectivity index (χ3v) is 0.167. The largest absolute Gasteiger partial charge is 1.00 e. The van der Waals surface area contributed by atoms with Crippen molar-refractivity contribution in [3.05, 3.63) is 0 Å². The monoisotopic (exact) mass is 387 g/mol. The summed E-state index contributed by atoms with van der Waals surface area (Å²) < 4.78 is 0. The standard InChI is InChI=1S/C2H8N2.4C2H4O2.Cu.Na.H/c3-1-2-4;4*1-2(3)4;;;/h1-4H2;4*1H3,(H,3,4);;;/q;;;;;;+1;-1. The van der Waals surface area contributed by atoms with Gasteiger partial charge in [-0.2, -0.15) is 0 Å². The maximum Gasteiger partial charge on any atom is 1.00 e. The molecule has 0 aliphatic rings. The number of carboxylic acid groups (broad SMARTS) is 4. The zero-order valence-corrected chi connectivity index (χ0v) is 16.2. The Balaban J connectivity index is -0.0000000197. The van der Waals surface area contributed by atoms with E-state index in [4.69, 9.17) is 51.1 Å². The van der Waals surface area contributed by atoms with Gasteiger partial charge in [0.2, 0.25) is 0 Å². The van der Waals surface area contributed by atoms with Gasteiger partial charge in [0, 0.05) is 57.9 Å². The van der Waals surface area contributed by atoms with Crippen LogP contribution in [0.1, 0.15) is 29.1 Å². The molecule has 0 heterocycles. The van der Waals surface area contributed by atoms with Crippen molar-refractivity contribution in [2.45, 2.75) is 27.7 Å². The Morgan fingerprint density at radius 3 is 0.727 bits per heavy atom. The summed E-state index contributed by atoms with van der Waals surface area (Å²) in [6.45, 7) is 5.53. The maximum absolute atomic E-state index is 9.00. The van der Waals surface area contributed by atoms with Gasteiger partial charge in [-0.3, -0.25) is 19.2 Å². The molecular weight excluding hydrogens is 363 g/mol. The molecule has 0 aromatic heterocycles. The first-order chi connectivity index (χ1) is 8.84. The minimum Gasteiger partial charge on any atom is -1.00 e. The first-order valence-corrected chi connectivity index (χ1v) is 5.03. The summed E-state index contributed by atoms with van der Waals surface area (Å²) >= 11 is 0. The summed E-state index contributed by atoms with van der Waals surface area (Å²) in [5, 5.41) is 29.7. The second-order valence-electron chi connectivity index (χ2n) is 2.65. The molecule has 0 saturated heterocycles. The molecule has 135 valence electrons. The second-order valence-corrected chi connectivity index (χ2v) is 2.65. The average molecular weight is 388 g/mol. The molecule has 8 N–H and O–H groups in total. The minimum absolute atomic E-state index is 0. The van der Waals surface area contributed by atoms with E-state index >= 15 is 0 Å². The van der Waals surface area contributed by atoms with E-state index in [1.807, 2.05) is 0 Å². The first-order valence-electron chi connectivity index (χ1n) is 5.03. The Morgan fingerprint density at radius 2 is 0.727 bits per heavy atom. The number of aliphatic carboxylic acids is 4. The van der Waals surface area contributed by atoms with Crippen molar-refractivity contribution in [3.8, 4) is 0 Å². The summed E-state index contributed by atoms with van der Waals surface area (Å²) in [7, 11) is 0. The van der Waals surface area contributed by atoms with Crippen LogP contribution >= 0.6 is 0 Å². The van der Waals surface area contributed by atoms with E-state index < -0.39 is 23.9 Å². The van der Waals surface area contributed by atoms with Gasteiger partial charge in [0.1, 0.15) is 0 Å². The van der Waals surface area contributed by atoms with Crippen LogP contribution in [-0.2, 0) is 36.2 Å². The number of hydrogen-bond donors (Lipinski definition) is 6. The number of carboxylic acids is 4. The van der Waals surface area contributed by atoms with E-state index in [-0.39, 0.29) is 48.1 Å². The molecule has 0 fully saturated rings. The van der Waals surface area contributed by atoms with Crippen molar-refractivity contribution >= 4 is 23.9 Å².